The lowest BCUT2D eigenvalue weighted by atomic mass is 9.95. The second-order valence-electron chi connectivity index (χ2n) is 7.75. The third kappa shape index (κ3) is 7.17. The SMILES string of the molecule is CCCC(C)C(CC(C)/C=N/O)Sc1cc(C(=O)Nc2cc(F)c(F)c(F)c2)ccc1Cl. The van der Waals surface area contributed by atoms with E-state index >= 15 is 0 Å². The van der Waals surface area contributed by atoms with E-state index < -0.39 is 23.4 Å². The Bertz CT molecular complexity index is 951. The highest BCUT2D eigenvalue weighted by Gasteiger charge is 2.22. The number of halogens is 4. The van der Waals surface area contributed by atoms with E-state index in [9.17, 15) is 18.0 Å². The van der Waals surface area contributed by atoms with Crippen molar-refractivity contribution in [2.45, 2.75) is 50.2 Å². The average Bonchev–Trinajstić information content (AvgIpc) is 2.73. The second kappa shape index (κ2) is 12.2. The molecule has 4 nitrogen and oxygen atoms in total. The van der Waals surface area contributed by atoms with Crippen LogP contribution in [0.3, 0.4) is 0 Å². The third-order valence-electron chi connectivity index (χ3n) is 5.02. The van der Waals surface area contributed by atoms with Crippen LogP contribution in [0.25, 0.3) is 0 Å². The van der Waals surface area contributed by atoms with Gasteiger partial charge in [-0.15, -0.1) is 16.9 Å². The Morgan fingerprint density at radius 3 is 2.47 bits per heavy atom. The molecule has 2 aromatic rings. The molecule has 0 saturated carbocycles. The van der Waals surface area contributed by atoms with Gasteiger partial charge in [0.25, 0.3) is 5.91 Å². The Balaban J connectivity index is 2.24. The quantitative estimate of drug-likeness (QED) is 0.121. The Morgan fingerprint density at radius 1 is 1.22 bits per heavy atom. The summed E-state index contributed by atoms with van der Waals surface area (Å²) in [5.41, 5.74) is 0.0519. The number of thioether (sulfide) groups is 1. The summed E-state index contributed by atoms with van der Waals surface area (Å²) in [7, 11) is 0. The van der Waals surface area contributed by atoms with Crippen LogP contribution in [0, 0.1) is 29.3 Å². The van der Waals surface area contributed by atoms with E-state index in [2.05, 4.69) is 24.3 Å². The van der Waals surface area contributed by atoms with Crippen molar-refractivity contribution in [3.05, 3.63) is 58.4 Å². The lowest BCUT2D eigenvalue weighted by Crippen LogP contribution is -2.19. The van der Waals surface area contributed by atoms with Gasteiger partial charge in [-0.1, -0.05) is 38.8 Å². The minimum Gasteiger partial charge on any atom is -0.411 e. The number of nitrogens with zero attached hydrogens (tertiary/aromatic N) is 1. The van der Waals surface area contributed by atoms with E-state index in [0.29, 0.717) is 28.0 Å². The number of carbonyl (C=O) groups is 1. The van der Waals surface area contributed by atoms with Crippen molar-refractivity contribution in [1.29, 1.82) is 0 Å². The summed E-state index contributed by atoms with van der Waals surface area (Å²) in [4.78, 5) is 13.3. The van der Waals surface area contributed by atoms with Crippen molar-refractivity contribution in [2.24, 2.45) is 17.0 Å². The molecule has 1 amide bonds. The van der Waals surface area contributed by atoms with Gasteiger partial charge >= 0.3 is 0 Å². The fourth-order valence-corrected chi connectivity index (χ4v) is 5.03. The van der Waals surface area contributed by atoms with Crippen LogP contribution in [-0.4, -0.2) is 22.6 Å². The van der Waals surface area contributed by atoms with Crippen LogP contribution in [0.2, 0.25) is 5.02 Å². The zero-order valence-corrected chi connectivity index (χ0v) is 19.6. The molecular formula is C23H26ClF3N2O2S. The fourth-order valence-electron chi connectivity index (χ4n) is 3.31. The summed E-state index contributed by atoms with van der Waals surface area (Å²) in [5.74, 6) is -4.58. The minimum absolute atomic E-state index is 0.0466. The van der Waals surface area contributed by atoms with Crippen molar-refractivity contribution < 1.29 is 23.2 Å². The maximum atomic E-state index is 13.4. The fraction of sp³-hybridized carbons (Fsp3) is 0.391. The minimum atomic E-state index is -1.60. The Hall–Kier alpha value is -2.19. The van der Waals surface area contributed by atoms with Gasteiger partial charge in [0.1, 0.15) is 0 Å². The molecule has 0 aliphatic carbocycles. The summed E-state index contributed by atoms with van der Waals surface area (Å²) < 4.78 is 40.0. The number of oxime groups is 1. The number of benzene rings is 2. The number of nitrogens with one attached hydrogen (secondary N) is 1. The molecule has 9 heteroatoms. The van der Waals surface area contributed by atoms with Gasteiger partial charge in [-0.05, 0) is 42.9 Å². The molecule has 174 valence electrons. The van der Waals surface area contributed by atoms with Gasteiger partial charge in [0.05, 0.1) is 5.02 Å². The average molecular weight is 487 g/mol. The third-order valence-corrected chi connectivity index (χ3v) is 7.01. The first-order valence-electron chi connectivity index (χ1n) is 10.3. The zero-order valence-electron chi connectivity index (χ0n) is 18.0. The van der Waals surface area contributed by atoms with Gasteiger partial charge in [0, 0.05) is 39.7 Å². The number of hydrogen-bond donors (Lipinski definition) is 2. The molecule has 2 N–H and O–H groups in total. The molecule has 0 bridgehead atoms. The smallest absolute Gasteiger partial charge is 0.255 e. The van der Waals surface area contributed by atoms with E-state index in [4.69, 9.17) is 16.8 Å². The molecule has 0 aliphatic rings. The Morgan fingerprint density at radius 2 is 1.88 bits per heavy atom. The van der Waals surface area contributed by atoms with Gasteiger partial charge in [0.15, 0.2) is 17.5 Å². The van der Waals surface area contributed by atoms with Crippen molar-refractivity contribution in [1.82, 2.24) is 0 Å². The predicted molar refractivity (Wildman–Crippen MR) is 123 cm³/mol. The number of carbonyl (C=O) groups excluding carboxylic acids is 1. The van der Waals surface area contributed by atoms with Crippen LogP contribution in [0.4, 0.5) is 18.9 Å². The lowest BCUT2D eigenvalue weighted by Gasteiger charge is -2.25. The molecule has 0 radical (unpaired) electrons. The first-order chi connectivity index (χ1) is 15.2. The number of rotatable bonds is 10. The summed E-state index contributed by atoms with van der Waals surface area (Å²) in [6.45, 7) is 6.21. The van der Waals surface area contributed by atoms with E-state index in [-0.39, 0.29) is 22.4 Å². The van der Waals surface area contributed by atoms with Gasteiger partial charge < -0.3 is 10.5 Å². The molecule has 32 heavy (non-hydrogen) atoms. The molecule has 0 aromatic heterocycles. The molecule has 2 rings (SSSR count). The molecule has 0 heterocycles. The van der Waals surface area contributed by atoms with Crippen LogP contribution in [0.1, 0.15) is 50.4 Å². The number of amides is 1. The predicted octanol–water partition coefficient (Wildman–Crippen LogP) is 7.39. The standard InChI is InChI=1S/C23H26ClF3N2O2S/c1-4-5-14(3)20(8-13(2)12-28-31)32-21-9-15(6-7-17(21)24)23(30)29-16-10-18(25)22(27)19(26)11-16/h6-7,9-14,20,31H,4-5,8H2,1-3H3,(H,29,30)/b28-12+. The monoisotopic (exact) mass is 486 g/mol. The van der Waals surface area contributed by atoms with Crippen LogP contribution >= 0.6 is 23.4 Å². The highest BCUT2D eigenvalue weighted by Crippen LogP contribution is 2.38. The van der Waals surface area contributed by atoms with Gasteiger partial charge in [-0.2, -0.15) is 0 Å². The Kier molecular flexibility index (Phi) is 9.90. The van der Waals surface area contributed by atoms with E-state index in [1.807, 2.05) is 6.92 Å². The van der Waals surface area contributed by atoms with E-state index in [1.54, 1.807) is 12.1 Å². The molecular weight excluding hydrogens is 461 g/mol. The van der Waals surface area contributed by atoms with E-state index in [0.717, 1.165) is 19.3 Å². The Labute approximate surface area is 195 Å². The first-order valence-corrected chi connectivity index (χ1v) is 11.5. The molecule has 0 fully saturated rings. The molecule has 0 spiro atoms. The second-order valence-corrected chi connectivity index (χ2v) is 9.44. The van der Waals surface area contributed by atoms with Crippen molar-refractivity contribution in [3.8, 4) is 0 Å². The topological polar surface area (TPSA) is 61.7 Å². The normalized spacial score (nSPS) is 14.3. The zero-order chi connectivity index (χ0) is 23.8. The lowest BCUT2D eigenvalue weighted by molar-refractivity contribution is 0.102. The summed E-state index contributed by atoms with van der Waals surface area (Å²) in [6, 6.07) is 6.15. The maximum absolute atomic E-state index is 13.4. The van der Waals surface area contributed by atoms with Crippen LogP contribution in [0.15, 0.2) is 40.4 Å². The van der Waals surface area contributed by atoms with E-state index in [1.165, 1.54) is 24.0 Å². The molecule has 0 saturated heterocycles. The first kappa shape index (κ1) is 26.1. The van der Waals surface area contributed by atoms with Crippen LogP contribution < -0.4 is 5.32 Å². The highest BCUT2D eigenvalue weighted by molar-refractivity contribution is 8.00. The van der Waals surface area contributed by atoms with Crippen LogP contribution in [-0.2, 0) is 0 Å². The van der Waals surface area contributed by atoms with Gasteiger partial charge in [-0.3, -0.25) is 4.79 Å². The largest absolute Gasteiger partial charge is 0.411 e. The maximum Gasteiger partial charge on any atom is 0.255 e. The molecule has 2 aromatic carbocycles. The van der Waals surface area contributed by atoms with Crippen molar-refractivity contribution in [3.63, 3.8) is 0 Å². The number of hydrogen-bond acceptors (Lipinski definition) is 4. The number of anilines is 1. The molecule has 0 aliphatic heterocycles. The van der Waals surface area contributed by atoms with Gasteiger partial charge in [0.2, 0.25) is 0 Å². The summed E-state index contributed by atoms with van der Waals surface area (Å²) in [5, 5.41) is 14.9. The summed E-state index contributed by atoms with van der Waals surface area (Å²) in [6.07, 6.45) is 4.25. The van der Waals surface area contributed by atoms with Crippen LogP contribution in [0.5, 0.6) is 0 Å². The summed E-state index contributed by atoms with van der Waals surface area (Å²) >= 11 is 7.92. The van der Waals surface area contributed by atoms with Gasteiger partial charge in [-0.25, -0.2) is 13.2 Å². The molecule has 3 atom stereocenters. The van der Waals surface area contributed by atoms with Crippen molar-refractivity contribution in [2.75, 3.05) is 5.32 Å². The molecule has 3 unspecified atom stereocenters. The highest BCUT2D eigenvalue weighted by atomic mass is 35.5. The van der Waals surface area contributed by atoms with Crippen molar-refractivity contribution >= 4 is 41.2 Å².